The average Bonchev–Trinajstić information content (AvgIpc) is 2.82. The minimum atomic E-state index is -3.66. The quantitative estimate of drug-likeness (QED) is 0.835. The Hall–Kier alpha value is -1.54. The van der Waals surface area contributed by atoms with Crippen LogP contribution < -0.4 is 10.0 Å². The lowest BCUT2D eigenvalue weighted by atomic mass is 10.3. The molecule has 0 amide bonds. The normalized spacial score (nSPS) is 11.4. The summed E-state index contributed by atoms with van der Waals surface area (Å²) in [5.74, 6) is 0. The summed E-state index contributed by atoms with van der Waals surface area (Å²) < 4.78 is 26.3. The van der Waals surface area contributed by atoms with Crippen LogP contribution in [0.5, 0.6) is 0 Å². The van der Waals surface area contributed by atoms with Gasteiger partial charge in [0.1, 0.15) is 0 Å². The van der Waals surface area contributed by atoms with Crippen LogP contribution in [-0.4, -0.2) is 25.4 Å². The number of nitrogens with one attached hydrogen (secondary N) is 1. The fraction of sp³-hybridized carbons (Fsp3) is 0.100. The molecular formula is C10H11BrN4O2S. The van der Waals surface area contributed by atoms with Gasteiger partial charge in [0.25, 0.3) is 10.0 Å². The molecule has 0 unspecified atom stereocenters. The SMILES string of the molecule is CN(c1ccc(Br)cc1N)S(=O)(=O)c1cnc[nH]1. The standard InChI is InChI=1S/C10H11BrN4O2S/c1-15(9-3-2-7(11)4-8(9)12)18(16,17)10-5-13-6-14-10/h2-6H,12H2,1H3,(H,13,14). The fourth-order valence-electron chi connectivity index (χ4n) is 1.47. The number of rotatable bonds is 3. The smallest absolute Gasteiger partial charge is 0.281 e. The number of nitrogen functional groups attached to an aromatic ring is 1. The third kappa shape index (κ3) is 2.21. The molecule has 0 aliphatic heterocycles. The zero-order valence-electron chi connectivity index (χ0n) is 9.46. The van der Waals surface area contributed by atoms with E-state index in [0.717, 1.165) is 8.78 Å². The van der Waals surface area contributed by atoms with Crippen molar-refractivity contribution in [2.75, 3.05) is 17.1 Å². The Bertz CT molecular complexity index is 655. The van der Waals surface area contributed by atoms with Gasteiger partial charge in [-0.1, -0.05) is 15.9 Å². The van der Waals surface area contributed by atoms with E-state index in [2.05, 4.69) is 25.9 Å². The number of nitrogens with zero attached hydrogens (tertiary/aromatic N) is 2. The Kier molecular flexibility index (Phi) is 3.31. The molecule has 0 saturated heterocycles. The van der Waals surface area contributed by atoms with Crippen molar-refractivity contribution in [3.05, 3.63) is 35.2 Å². The molecule has 0 spiro atoms. The highest BCUT2D eigenvalue weighted by Gasteiger charge is 2.23. The van der Waals surface area contributed by atoms with Crippen LogP contribution >= 0.6 is 15.9 Å². The second kappa shape index (κ2) is 4.62. The van der Waals surface area contributed by atoms with Crippen LogP contribution in [0.15, 0.2) is 40.2 Å². The number of imidazole rings is 1. The van der Waals surface area contributed by atoms with E-state index in [1.54, 1.807) is 18.2 Å². The van der Waals surface area contributed by atoms with Crippen molar-refractivity contribution in [2.24, 2.45) is 0 Å². The van der Waals surface area contributed by atoms with E-state index in [-0.39, 0.29) is 5.03 Å². The van der Waals surface area contributed by atoms with Crippen LogP contribution in [-0.2, 0) is 10.0 Å². The van der Waals surface area contributed by atoms with E-state index < -0.39 is 10.0 Å². The minimum absolute atomic E-state index is 0.0207. The van der Waals surface area contributed by atoms with Gasteiger partial charge in [0, 0.05) is 11.5 Å². The third-order valence-electron chi connectivity index (χ3n) is 2.44. The fourth-order valence-corrected chi connectivity index (χ4v) is 2.97. The van der Waals surface area contributed by atoms with Crippen LogP contribution in [0.3, 0.4) is 0 Å². The molecular weight excluding hydrogens is 320 g/mol. The van der Waals surface area contributed by atoms with Crippen molar-refractivity contribution in [1.82, 2.24) is 9.97 Å². The number of hydrogen-bond acceptors (Lipinski definition) is 4. The Morgan fingerprint density at radius 1 is 1.44 bits per heavy atom. The second-order valence-corrected chi connectivity index (χ2v) is 6.44. The molecule has 0 fully saturated rings. The highest BCUT2D eigenvalue weighted by atomic mass is 79.9. The molecule has 0 bridgehead atoms. The van der Waals surface area contributed by atoms with Gasteiger partial charge in [0.05, 0.1) is 23.9 Å². The van der Waals surface area contributed by atoms with Crippen molar-refractivity contribution in [2.45, 2.75) is 5.03 Å². The maximum absolute atomic E-state index is 12.2. The van der Waals surface area contributed by atoms with Crippen molar-refractivity contribution in [3.8, 4) is 0 Å². The molecule has 1 aromatic carbocycles. The first-order chi connectivity index (χ1) is 8.43. The Labute approximate surface area is 113 Å². The van der Waals surface area contributed by atoms with Gasteiger partial charge >= 0.3 is 0 Å². The molecule has 0 saturated carbocycles. The summed E-state index contributed by atoms with van der Waals surface area (Å²) in [6.07, 6.45) is 2.56. The van der Waals surface area contributed by atoms with E-state index in [0.29, 0.717) is 11.4 Å². The van der Waals surface area contributed by atoms with Crippen molar-refractivity contribution < 1.29 is 8.42 Å². The third-order valence-corrected chi connectivity index (χ3v) is 4.63. The zero-order valence-corrected chi connectivity index (χ0v) is 11.9. The summed E-state index contributed by atoms with van der Waals surface area (Å²) >= 11 is 3.27. The molecule has 0 atom stereocenters. The van der Waals surface area contributed by atoms with E-state index in [4.69, 9.17) is 5.73 Å². The molecule has 8 heteroatoms. The summed E-state index contributed by atoms with van der Waals surface area (Å²) in [7, 11) is -2.22. The molecule has 1 heterocycles. The van der Waals surface area contributed by atoms with Crippen LogP contribution in [0, 0.1) is 0 Å². The first kappa shape index (κ1) is 12.9. The number of nitrogens with two attached hydrogens (primary N) is 1. The lowest BCUT2D eigenvalue weighted by Crippen LogP contribution is -2.27. The number of H-pyrrole nitrogens is 1. The van der Waals surface area contributed by atoms with Gasteiger partial charge in [-0.3, -0.25) is 4.31 Å². The molecule has 3 N–H and O–H groups in total. The van der Waals surface area contributed by atoms with Crippen molar-refractivity contribution >= 4 is 37.3 Å². The Balaban J connectivity index is 2.46. The van der Waals surface area contributed by atoms with Gasteiger partial charge in [0.15, 0.2) is 5.03 Å². The first-order valence-electron chi connectivity index (χ1n) is 4.95. The summed E-state index contributed by atoms with van der Waals surface area (Å²) in [4.78, 5) is 6.27. The van der Waals surface area contributed by atoms with E-state index in [9.17, 15) is 8.42 Å². The maximum Gasteiger partial charge on any atom is 0.281 e. The highest BCUT2D eigenvalue weighted by molar-refractivity contribution is 9.10. The predicted molar refractivity (Wildman–Crippen MR) is 72.7 cm³/mol. The van der Waals surface area contributed by atoms with Gasteiger partial charge in [0.2, 0.25) is 0 Å². The molecule has 0 aliphatic rings. The lowest BCUT2D eigenvalue weighted by molar-refractivity contribution is 0.591. The Morgan fingerprint density at radius 2 is 2.17 bits per heavy atom. The van der Waals surface area contributed by atoms with Crippen LogP contribution in [0.4, 0.5) is 11.4 Å². The molecule has 6 nitrogen and oxygen atoms in total. The van der Waals surface area contributed by atoms with Gasteiger partial charge < -0.3 is 10.7 Å². The van der Waals surface area contributed by atoms with Crippen LogP contribution in [0.1, 0.15) is 0 Å². The number of hydrogen-bond donors (Lipinski definition) is 2. The van der Waals surface area contributed by atoms with Crippen LogP contribution in [0.2, 0.25) is 0 Å². The summed E-state index contributed by atoms with van der Waals surface area (Å²) in [6.45, 7) is 0. The summed E-state index contributed by atoms with van der Waals surface area (Å²) in [5.41, 5.74) is 6.59. The second-order valence-electron chi connectivity index (χ2n) is 3.59. The van der Waals surface area contributed by atoms with Gasteiger partial charge in [-0.15, -0.1) is 0 Å². The van der Waals surface area contributed by atoms with E-state index in [1.807, 2.05) is 0 Å². The molecule has 0 radical (unpaired) electrons. The number of anilines is 2. The monoisotopic (exact) mass is 330 g/mol. The number of sulfonamides is 1. The predicted octanol–water partition coefficient (Wildman–Crippen LogP) is 1.58. The zero-order chi connectivity index (χ0) is 13.3. The first-order valence-corrected chi connectivity index (χ1v) is 7.18. The van der Waals surface area contributed by atoms with Gasteiger partial charge in [-0.2, -0.15) is 8.42 Å². The number of benzene rings is 1. The molecule has 2 aromatic rings. The molecule has 1 aromatic heterocycles. The van der Waals surface area contributed by atoms with E-state index >= 15 is 0 Å². The molecule has 2 rings (SSSR count). The van der Waals surface area contributed by atoms with Crippen LogP contribution in [0.25, 0.3) is 0 Å². The number of halogens is 1. The average molecular weight is 331 g/mol. The highest BCUT2D eigenvalue weighted by Crippen LogP contribution is 2.29. The number of aromatic nitrogens is 2. The molecule has 18 heavy (non-hydrogen) atoms. The van der Waals surface area contributed by atoms with Crippen molar-refractivity contribution in [3.63, 3.8) is 0 Å². The molecule has 0 aliphatic carbocycles. The maximum atomic E-state index is 12.2. The van der Waals surface area contributed by atoms with E-state index in [1.165, 1.54) is 19.6 Å². The summed E-state index contributed by atoms with van der Waals surface area (Å²) in [6, 6.07) is 5.01. The van der Waals surface area contributed by atoms with Gasteiger partial charge in [-0.05, 0) is 18.2 Å². The Morgan fingerprint density at radius 3 is 2.72 bits per heavy atom. The van der Waals surface area contributed by atoms with Gasteiger partial charge in [-0.25, -0.2) is 4.98 Å². The minimum Gasteiger partial charge on any atom is -0.397 e. The number of aromatic amines is 1. The lowest BCUT2D eigenvalue weighted by Gasteiger charge is -2.20. The van der Waals surface area contributed by atoms with Crippen molar-refractivity contribution in [1.29, 1.82) is 0 Å². The summed E-state index contributed by atoms with van der Waals surface area (Å²) in [5, 5.41) is 0.0207. The molecule has 96 valence electrons. The topological polar surface area (TPSA) is 92.1 Å². The largest absolute Gasteiger partial charge is 0.397 e.